The summed E-state index contributed by atoms with van der Waals surface area (Å²) >= 11 is 0. The van der Waals surface area contributed by atoms with Crippen LogP contribution >= 0.6 is 0 Å². The van der Waals surface area contributed by atoms with Crippen molar-refractivity contribution < 1.29 is 46.5 Å². The molecule has 428 valence electrons. The van der Waals surface area contributed by atoms with Gasteiger partial charge in [0.1, 0.15) is 34.4 Å². The smallest absolute Gasteiger partial charge is 0.260 e. The van der Waals surface area contributed by atoms with Gasteiger partial charge in [-0.05, 0) is 137 Å². The standard InChI is InChI=1S/C62H69N9O10S/c1-8-79-57-38-46(23-26-52(57)66-62-64-40-54-58(67-62)71(82(7,75)76)53-17-10-9-16-50(53)61(74)69(54)4)70-32-28-42(29-33-70)59(72)63-30-12-34-80-48-24-25-49(56(39-48)81-35-13-31-68(2)3)41-18-21-45(22-19-41)65-60(73)44-20-27-55(78-6)51(37-44)43-14-11-15-47(36-43)77-5/h9-11,14-27,36-40,42H,8,12-13,28-35H2,1-7H3,(H,63,72)(H,65,73)(H,64,66,67). The van der Waals surface area contributed by atoms with E-state index in [1.807, 2.05) is 112 Å². The van der Waals surface area contributed by atoms with Gasteiger partial charge in [-0.2, -0.15) is 4.98 Å². The van der Waals surface area contributed by atoms with Crippen molar-refractivity contribution in [2.45, 2.75) is 32.6 Å². The number of nitrogens with one attached hydrogen (secondary N) is 3. The Morgan fingerprint density at radius 2 is 1.51 bits per heavy atom. The third kappa shape index (κ3) is 13.6. The number of rotatable bonds is 23. The maximum Gasteiger partial charge on any atom is 0.260 e. The first kappa shape index (κ1) is 57.8. The van der Waals surface area contributed by atoms with Crippen molar-refractivity contribution in [3.05, 3.63) is 145 Å². The molecular weight excluding hydrogens is 1060 g/mol. The molecule has 19 nitrogen and oxygen atoms in total. The Hall–Kier alpha value is -8.88. The number of methoxy groups -OCH3 is 2. The van der Waals surface area contributed by atoms with Crippen molar-refractivity contribution in [2.24, 2.45) is 5.92 Å². The van der Waals surface area contributed by atoms with E-state index in [0.29, 0.717) is 104 Å². The number of benzene rings is 6. The Morgan fingerprint density at radius 3 is 2.26 bits per heavy atom. The first-order chi connectivity index (χ1) is 39.6. The molecule has 9 rings (SSSR count). The van der Waals surface area contributed by atoms with Gasteiger partial charge in [0.25, 0.3) is 11.8 Å². The van der Waals surface area contributed by atoms with Gasteiger partial charge in [0, 0.05) is 79.3 Å². The van der Waals surface area contributed by atoms with Crippen molar-refractivity contribution >= 4 is 67.9 Å². The number of piperidine rings is 1. The molecule has 2 aliphatic heterocycles. The zero-order valence-corrected chi connectivity index (χ0v) is 48.0. The highest BCUT2D eigenvalue weighted by atomic mass is 32.2. The molecule has 2 aliphatic rings. The minimum Gasteiger partial charge on any atom is -0.497 e. The molecule has 7 aromatic rings. The molecule has 0 bridgehead atoms. The van der Waals surface area contributed by atoms with Gasteiger partial charge in [-0.3, -0.25) is 14.4 Å². The minimum atomic E-state index is -3.94. The second kappa shape index (κ2) is 26.1. The monoisotopic (exact) mass is 1130 g/mol. The fourth-order valence-electron chi connectivity index (χ4n) is 9.92. The Balaban J connectivity index is 0.771. The molecule has 6 aromatic carbocycles. The quantitative estimate of drug-likeness (QED) is 0.0510. The topological polar surface area (TPSA) is 206 Å². The number of para-hydroxylation sites is 1. The number of carbonyl (C=O) groups is 3. The molecule has 0 saturated carbocycles. The van der Waals surface area contributed by atoms with Crippen LogP contribution in [0.5, 0.6) is 28.7 Å². The number of fused-ring (bicyclic) bond motifs is 2. The lowest BCUT2D eigenvalue weighted by atomic mass is 9.95. The Bertz CT molecular complexity index is 3540. The van der Waals surface area contributed by atoms with Crippen LogP contribution in [0.15, 0.2) is 134 Å². The van der Waals surface area contributed by atoms with E-state index in [1.54, 1.807) is 57.7 Å². The van der Waals surface area contributed by atoms with E-state index in [-0.39, 0.29) is 52.3 Å². The number of sulfonamides is 1. The summed E-state index contributed by atoms with van der Waals surface area (Å²) in [6, 6.07) is 38.7. The number of ether oxygens (including phenoxy) is 5. The molecule has 0 unspecified atom stereocenters. The van der Waals surface area contributed by atoms with Gasteiger partial charge in [-0.25, -0.2) is 17.7 Å². The summed E-state index contributed by atoms with van der Waals surface area (Å²) in [6.45, 7) is 5.82. The van der Waals surface area contributed by atoms with E-state index < -0.39 is 10.0 Å². The predicted octanol–water partition coefficient (Wildman–Crippen LogP) is 10.0. The number of aromatic nitrogens is 2. The molecule has 0 spiro atoms. The molecular formula is C62H69N9O10S. The van der Waals surface area contributed by atoms with Crippen LogP contribution in [0, 0.1) is 5.92 Å². The maximum absolute atomic E-state index is 13.5. The van der Waals surface area contributed by atoms with Gasteiger partial charge in [0.2, 0.25) is 21.9 Å². The zero-order valence-electron chi connectivity index (χ0n) is 47.2. The molecule has 20 heteroatoms. The number of hydrogen-bond donors (Lipinski definition) is 3. The van der Waals surface area contributed by atoms with Crippen LogP contribution in [0.4, 0.5) is 40.2 Å². The summed E-state index contributed by atoms with van der Waals surface area (Å²) in [6.07, 6.45) is 5.27. The van der Waals surface area contributed by atoms with Crippen molar-refractivity contribution in [3.8, 4) is 51.0 Å². The summed E-state index contributed by atoms with van der Waals surface area (Å²) < 4.78 is 57.3. The van der Waals surface area contributed by atoms with Crippen LogP contribution in [-0.2, 0) is 14.8 Å². The lowest BCUT2D eigenvalue weighted by Gasteiger charge is -2.33. The van der Waals surface area contributed by atoms with Crippen LogP contribution in [0.25, 0.3) is 22.3 Å². The van der Waals surface area contributed by atoms with Gasteiger partial charge in [-0.15, -0.1) is 0 Å². The molecule has 0 aliphatic carbocycles. The van der Waals surface area contributed by atoms with Crippen molar-refractivity contribution in [3.63, 3.8) is 0 Å². The average molecular weight is 1130 g/mol. The van der Waals surface area contributed by atoms with Gasteiger partial charge in [0.15, 0.2) is 5.82 Å². The molecule has 0 atom stereocenters. The fourth-order valence-corrected chi connectivity index (χ4v) is 10.9. The van der Waals surface area contributed by atoms with Crippen LogP contribution in [0.3, 0.4) is 0 Å². The number of amides is 3. The summed E-state index contributed by atoms with van der Waals surface area (Å²) in [7, 11) is 4.89. The number of anilines is 7. The highest BCUT2D eigenvalue weighted by Gasteiger charge is 2.35. The van der Waals surface area contributed by atoms with E-state index in [1.165, 1.54) is 11.1 Å². The lowest BCUT2D eigenvalue weighted by molar-refractivity contribution is -0.125. The average Bonchev–Trinajstić information content (AvgIpc) is 3.34. The molecule has 0 radical (unpaired) electrons. The largest absolute Gasteiger partial charge is 0.497 e. The third-order valence-electron chi connectivity index (χ3n) is 14.2. The molecule has 3 heterocycles. The second-order valence-corrected chi connectivity index (χ2v) is 22.0. The highest BCUT2D eigenvalue weighted by Crippen LogP contribution is 2.42. The van der Waals surface area contributed by atoms with Crippen molar-refractivity contribution in [2.75, 3.05) is 112 Å². The maximum atomic E-state index is 13.5. The summed E-state index contributed by atoms with van der Waals surface area (Å²) in [5, 5.41) is 9.36. The highest BCUT2D eigenvalue weighted by molar-refractivity contribution is 7.92. The Morgan fingerprint density at radius 1 is 0.732 bits per heavy atom. The summed E-state index contributed by atoms with van der Waals surface area (Å²) in [5.41, 5.74) is 6.68. The van der Waals surface area contributed by atoms with E-state index >= 15 is 0 Å². The fraction of sp³-hybridized carbons (Fsp3) is 0.306. The molecule has 82 heavy (non-hydrogen) atoms. The SMILES string of the molecule is CCOc1cc(N2CCC(C(=O)NCCCOc3ccc(-c4ccc(NC(=O)c5ccc(OC)c(-c6cccc(OC)c6)c5)cc4)c(OCCCN(C)C)c3)CC2)ccc1Nc1ncc2c(n1)N(S(C)(=O)=O)c1ccccc1C(=O)N2C. The van der Waals surface area contributed by atoms with E-state index in [0.717, 1.165) is 51.5 Å². The summed E-state index contributed by atoms with van der Waals surface area (Å²) in [5.74, 6) is 2.59. The molecule has 1 saturated heterocycles. The van der Waals surface area contributed by atoms with Gasteiger partial charge >= 0.3 is 0 Å². The second-order valence-electron chi connectivity index (χ2n) is 20.1. The predicted molar refractivity (Wildman–Crippen MR) is 321 cm³/mol. The normalized spacial score (nSPS) is 13.4. The van der Waals surface area contributed by atoms with Crippen LogP contribution in [-0.4, -0.2) is 129 Å². The first-order valence-electron chi connectivity index (χ1n) is 27.2. The van der Waals surface area contributed by atoms with Crippen LogP contribution < -0.4 is 53.7 Å². The number of nitrogens with zero attached hydrogens (tertiary/aromatic N) is 6. The third-order valence-corrected chi connectivity index (χ3v) is 15.2. The van der Waals surface area contributed by atoms with Crippen molar-refractivity contribution in [1.29, 1.82) is 0 Å². The zero-order chi connectivity index (χ0) is 57.9. The summed E-state index contributed by atoms with van der Waals surface area (Å²) in [4.78, 5) is 55.2. The van der Waals surface area contributed by atoms with E-state index in [9.17, 15) is 22.8 Å². The van der Waals surface area contributed by atoms with E-state index in [2.05, 4.69) is 35.7 Å². The van der Waals surface area contributed by atoms with E-state index in [4.69, 9.17) is 23.7 Å². The van der Waals surface area contributed by atoms with Gasteiger partial charge in [-0.1, -0.05) is 36.4 Å². The van der Waals surface area contributed by atoms with Gasteiger partial charge in [0.05, 0.1) is 63.4 Å². The minimum absolute atomic E-state index is 0.0195. The van der Waals surface area contributed by atoms with Gasteiger partial charge < -0.3 is 54.3 Å². The number of hydrogen-bond acceptors (Lipinski definition) is 15. The Kier molecular flexibility index (Phi) is 18.4. The van der Waals surface area contributed by atoms with Crippen molar-refractivity contribution in [1.82, 2.24) is 20.2 Å². The molecule has 3 N–H and O–H groups in total. The van der Waals surface area contributed by atoms with Crippen LogP contribution in [0.1, 0.15) is 53.3 Å². The lowest BCUT2D eigenvalue weighted by Crippen LogP contribution is -2.41. The molecule has 1 aromatic heterocycles. The number of carbonyl (C=O) groups excluding carboxylic acids is 3. The Labute approximate surface area is 479 Å². The molecule has 3 amide bonds. The first-order valence-corrected chi connectivity index (χ1v) is 29.1. The molecule has 1 fully saturated rings. The van der Waals surface area contributed by atoms with Crippen LogP contribution in [0.2, 0.25) is 0 Å².